The topological polar surface area (TPSA) is 12.0 Å². The number of nitrogens with one attached hydrogen (secondary N) is 1. The van der Waals surface area contributed by atoms with E-state index < -0.39 is 0 Å². The molecule has 0 amide bonds. The summed E-state index contributed by atoms with van der Waals surface area (Å²) in [5, 5.41) is 14.2. The Kier molecular flexibility index (Phi) is 2.82. The van der Waals surface area contributed by atoms with E-state index >= 15 is 0 Å². The van der Waals surface area contributed by atoms with Crippen molar-refractivity contribution >= 4 is 48.8 Å². The summed E-state index contributed by atoms with van der Waals surface area (Å²) in [6, 6.07) is 18.5. The van der Waals surface area contributed by atoms with E-state index in [0.29, 0.717) is 0 Å². The second-order valence-corrected chi connectivity index (χ2v) is 7.41. The van der Waals surface area contributed by atoms with Crippen molar-refractivity contribution in [2.24, 2.45) is 0 Å². The minimum atomic E-state index is 1.17. The van der Waals surface area contributed by atoms with Gasteiger partial charge in [-0.1, -0.05) is 36.4 Å². The Balaban J connectivity index is 2.22. The van der Waals surface area contributed by atoms with Crippen LogP contribution in [0.25, 0.3) is 43.1 Å². The average molecular weight is 323 g/mol. The zero-order chi connectivity index (χ0) is 17.3. The Morgan fingerprint density at radius 1 is 0.520 bits per heavy atom. The van der Waals surface area contributed by atoms with Gasteiger partial charge in [-0.05, 0) is 92.7 Å². The summed E-state index contributed by atoms with van der Waals surface area (Å²) in [5.74, 6) is 0. The Bertz CT molecular complexity index is 1290. The third-order valence-corrected chi connectivity index (χ3v) is 5.40. The van der Waals surface area contributed by atoms with Gasteiger partial charge in [0.05, 0.1) is 0 Å². The molecule has 0 saturated heterocycles. The largest absolute Gasteiger partial charge is 0.388 e. The molecular formula is C24H21N. The van der Waals surface area contributed by atoms with Crippen molar-refractivity contribution in [2.75, 3.05) is 12.4 Å². The smallest absolute Gasteiger partial charge is 0.0350 e. The molecule has 0 radical (unpaired) electrons. The highest BCUT2D eigenvalue weighted by Gasteiger charge is 2.15. The van der Waals surface area contributed by atoms with Crippen LogP contribution in [-0.4, -0.2) is 7.05 Å². The van der Waals surface area contributed by atoms with Crippen molar-refractivity contribution in [1.82, 2.24) is 0 Å². The van der Waals surface area contributed by atoms with Crippen LogP contribution in [0.4, 0.5) is 5.69 Å². The van der Waals surface area contributed by atoms with E-state index in [-0.39, 0.29) is 0 Å². The highest BCUT2D eigenvalue weighted by Crippen LogP contribution is 2.42. The minimum Gasteiger partial charge on any atom is -0.388 e. The molecule has 0 saturated carbocycles. The number of rotatable bonds is 1. The molecule has 0 heterocycles. The molecule has 0 unspecified atom stereocenters. The molecule has 0 fully saturated rings. The van der Waals surface area contributed by atoms with Gasteiger partial charge < -0.3 is 5.32 Å². The fourth-order valence-corrected chi connectivity index (χ4v) is 4.48. The van der Waals surface area contributed by atoms with Crippen LogP contribution in [0.5, 0.6) is 0 Å². The van der Waals surface area contributed by atoms with Crippen molar-refractivity contribution in [3.63, 3.8) is 0 Å². The normalized spacial score (nSPS) is 12.0. The van der Waals surface area contributed by atoms with Crippen molar-refractivity contribution in [2.45, 2.75) is 20.8 Å². The Hall–Kier alpha value is -2.80. The molecule has 0 aromatic heterocycles. The van der Waals surface area contributed by atoms with Gasteiger partial charge in [0, 0.05) is 12.7 Å². The molecule has 0 aliphatic rings. The molecular weight excluding hydrogens is 302 g/mol. The summed E-state index contributed by atoms with van der Waals surface area (Å²) < 4.78 is 0. The van der Waals surface area contributed by atoms with Crippen LogP contribution in [0.2, 0.25) is 0 Å². The monoisotopic (exact) mass is 323 g/mol. The zero-order valence-electron chi connectivity index (χ0n) is 15.1. The first kappa shape index (κ1) is 14.5. The lowest BCUT2D eigenvalue weighted by atomic mass is 9.87. The molecule has 1 nitrogen and oxygen atoms in total. The van der Waals surface area contributed by atoms with Gasteiger partial charge in [0.25, 0.3) is 0 Å². The van der Waals surface area contributed by atoms with Crippen LogP contribution in [0.15, 0.2) is 48.5 Å². The lowest BCUT2D eigenvalue weighted by Gasteiger charge is -2.17. The van der Waals surface area contributed by atoms with E-state index in [4.69, 9.17) is 0 Å². The molecule has 0 atom stereocenters. The quantitative estimate of drug-likeness (QED) is 0.267. The Labute approximate surface area is 147 Å². The highest BCUT2D eigenvalue weighted by atomic mass is 14.8. The van der Waals surface area contributed by atoms with Crippen LogP contribution in [0.1, 0.15) is 16.7 Å². The average Bonchev–Trinajstić information content (AvgIpc) is 2.57. The standard InChI is InChI=1S/C24H21N/c1-13-5-16-6-14(2)10-21-22-12-18(25-4)11-17-7-15(3)9-20(24(17)22)19(8-13)23(16)21/h5-12,25H,1-4H3. The van der Waals surface area contributed by atoms with Gasteiger partial charge in [0.15, 0.2) is 0 Å². The Morgan fingerprint density at radius 3 is 1.36 bits per heavy atom. The summed E-state index contributed by atoms with van der Waals surface area (Å²) in [4.78, 5) is 0. The second kappa shape index (κ2) is 4.86. The van der Waals surface area contributed by atoms with Gasteiger partial charge in [-0.2, -0.15) is 0 Å². The molecule has 5 aromatic rings. The lowest BCUT2D eigenvalue weighted by molar-refractivity contribution is 1.49. The predicted molar refractivity (Wildman–Crippen MR) is 111 cm³/mol. The van der Waals surface area contributed by atoms with Gasteiger partial charge in [-0.3, -0.25) is 0 Å². The molecule has 5 aromatic carbocycles. The SMILES string of the molecule is CNc1cc2cc(C)cc3c4cc(C)cc5cc(C)cc(c(c1)c23)c54. The molecule has 122 valence electrons. The Morgan fingerprint density at radius 2 is 0.920 bits per heavy atom. The number of hydrogen-bond acceptors (Lipinski definition) is 1. The fourth-order valence-electron chi connectivity index (χ4n) is 4.48. The van der Waals surface area contributed by atoms with E-state index in [2.05, 4.69) is 74.6 Å². The summed E-state index contributed by atoms with van der Waals surface area (Å²) in [6.07, 6.45) is 0. The summed E-state index contributed by atoms with van der Waals surface area (Å²) in [6.45, 7) is 6.59. The zero-order valence-corrected chi connectivity index (χ0v) is 15.1. The van der Waals surface area contributed by atoms with Gasteiger partial charge in [-0.15, -0.1) is 0 Å². The first-order chi connectivity index (χ1) is 12.0. The van der Waals surface area contributed by atoms with E-state index in [1.807, 2.05) is 7.05 Å². The minimum absolute atomic E-state index is 1.17. The maximum atomic E-state index is 3.34. The van der Waals surface area contributed by atoms with E-state index in [9.17, 15) is 0 Å². The van der Waals surface area contributed by atoms with Crippen LogP contribution in [0.3, 0.4) is 0 Å². The third-order valence-electron chi connectivity index (χ3n) is 5.40. The maximum Gasteiger partial charge on any atom is 0.0350 e. The molecule has 0 aliphatic heterocycles. The van der Waals surface area contributed by atoms with Crippen molar-refractivity contribution in [3.05, 3.63) is 65.2 Å². The second-order valence-electron chi connectivity index (χ2n) is 7.41. The van der Waals surface area contributed by atoms with Crippen molar-refractivity contribution < 1.29 is 0 Å². The molecule has 1 N–H and O–H groups in total. The van der Waals surface area contributed by atoms with Gasteiger partial charge in [0.2, 0.25) is 0 Å². The summed E-state index contributed by atoms with van der Waals surface area (Å²) >= 11 is 0. The molecule has 25 heavy (non-hydrogen) atoms. The van der Waals surface area contributed by atoms with Crippen LogP contribution in [0, 0.1) is 20.8 Å². The van der Waals surface area contributed by atoms with Gasteiger partial charge >= 0.3 is 0 Å². The number of hydrogen-bond donors (Lipinski definition) is 1. The van der Waals surface area contributed by atoms with E-state index in [1.165, 1.54) is 65.5 Å². The van der Waals surface area contributed by atoms with Gasteiger partial charge in [-0.25, -0.2) is 0 Å². The van der Waals surface area contributed by atoms with Crippen LogP contribution < -0.4 is 5.32 Å². The number of benzene rings is 5. The van der Waals surface area contributed by atoms with Crippen molar-refractivity contribution in [1.29, 1.82) is 0 Å². The molecule has 0 bridgehead atoms. The lowest BCUT2D eigenvalue weighted by Crippen LogP contribution is -1.93. The van der Waals surface area contributed by atoms with Crippen LogP contribution in [-0.2, 0) is 0 Å². The number of anilines is 1. The maximum absolute atomic E-state index is 3.34. The van der Waals surface area contributed by atoms with Crippen molar-refractivity contribution in [3.8, 4) is 0 Å². The first-order valence-electron chi connectivity index (χ1n) is 8.87. The van der Waals surface area contributed by atoms with Crippen LogP contribution >= 0.6 is 0 Å². The molecule has 0 aliphatic carbocycles. The van der Waals surface area contributed by atoms with E-state index in [0.717, 1.165) is 0 Å². The number of aryl methyl sites for hydroxylation is 3. The van der Waals surface area contributed by atoms with Gasteiger partial charge in [0.1, 0.15) is 0 Å². The molecule has 5 rings (SSSR count). The number of fused-ring (bicyclic) bond motifs is 2. The molecule has 0 spiro atoms. The predicted octanol–water partition coefficient (Wildman–Crippen LogP) is 6.70. The highest BCUT2D eigenvalue weighted by molar-refractivity contribution is 6.33. The fraction of sp³-hybridized carbons (Fsp3) is 0.167. The molecule has 1 heteroatoms. The summed E-state index contributed by atoms with van der Waals surface area (Å²) in [5.41, 5.74) is 5.12. The summed E-state index contributed by atoms with van der Waals surface area (Å²) in [7, 11) is 2.00. The third kappa shape index (κ3) is 1.96. The van der Waals surface area contributed by atoms with E-state index in [1.54, 1.807) is 0 Å². The first-order valence-corrected chi connectivity index (χ1v) is 8.87.